The lowest BCUT2D eigenvalue weighted by atomic mass is 10.1. The van der Waals surface area contributed by atoms with E-state index in [0.717, 1.165) is 36.9 Å². The highest BCUT2D eigenvalue weighted by molar-refractivity contribution is 5.79. The number of nitrogens with zero attached hydrogens (tertiary/aromatic N) is 2. The summed E-state index contributed by atoms with van der Waals surface area (Å²) >= 11 is 0. The van der Waals surface area contributed by atoms with E-state index in [0.29, 0.717) is 6.54 Å². The maximum Gasteiger partial charge on any atom is 0.191 e. The number of nitrogens with one attached hydrogen (secondary N) is 2. The molecule has 5 heteroatoms. The first-order chi connectivity index (χ1) is 11.3. The van der Waals surface area contributed by atoms with Gasteiger partial charge in [-0.2, -0.15) is 0 Å². The van der Waals surface area contributed by atoms with Crippen LogP contribution >= 0.6 is 0 Å². The quantitative estimate of drug-likeness (QED) is 0.656. The van der Waals surface area contributed by atoms with E-state index in [1.54, 1.807) is 6.20 Å². The standard InChI is InChI=1S/C18H22N4O/c1-2-19-18(21-12-15-8-5-6-10-20-15)22-13-16-11-14-7-3-4-9-17(14)23-16/h3-10,16H,2,11-13H2,1H3,(H2,19,21,22). The molecule has 1 unspecified atom stereocenters. The fourth-order valence-corrected chi connectivity index (χ4v) is 2.57. The van der Waals surface area contributed by atoms with E-state index in [2.05, 4.69) is 39.7 Å². The number of aliphatic imine (C=N–C) groups is 1. The molecule has 0 amide bonds. The molecular formula is C18H22N4O. The van der Waals surface area contributed by atoms with Gasteiger partial charge < -0.3 is 15.4 Å². The summed E-state index contributed by atoms with van der Waals surface area (Å²) in [5, 5.41) is 6.61. The molecule has 1 aromatic carbocycles. The molecule has 0 saturated heterocycles. The Kier molecular flexibility index (Phi) is 5.09. The highest BCUT2D eigenvalue weighted by Gasteiger charge is 2.22. The van der Waals surface area contributed by atoms with E-state index in [1.807, 2.05) is 30.3 Å². The lowest BCUT2D eigenvalue weighted by Gasteiger charge is -2.15. The Labute approximate surface area is 136 Å². The molecule has 2 N–H and O–H groups in total. The van der Waals surface area contributed by atoms with E-state index < -0.39 is 0 Å². The topological polar surface area (TPSA) is 58.5 Å². The Morgan fingerprint density at radius 1 is 1.22 bits per heavy atom. The minimum atomic E-state index is 0.145. The Hall–Kier alpha value is -2.56. The molecule has 0 spiro atoms. The van der Waals surface area contributed by atoms with Crippen molar-refractivity contribution in [1.29, 1.82) is 0 Å². The minimum Gasteiger partial charge on any atom is -0.488 e. The molecule has 1 aliphatic heterocycles. The van der Waals surface area contributed by atoms with Crippen LogP contribution in [0.2, 0.25) is 0 Å². The maximum atomic E-state index is 5.94. The average Bonchev–Trinajstić information content (AvgIpc) is 3.01. The Morgan fingerprint density at radius 3 is 2.87 bits per heavy atom. The highest BCUT2D eigenvalue weighted by atomic mass is 16.5. The van der Waals surface area contributed by atoms with E-state index in [4.69, 9.17) is 4.74 Å². The highest BCUT2D eigenvalue weighted by Crippen LogP contribution is 2.27. The number of aromatic nitrogens is 1. The van der Waals surface area contributed by atoms with Gasteiger partial charge in [-0.1, -0.05) is 24.3 Å². The zero-order valence-corrected chi connectivity index (χ0v) is 13.3. The van der Waals surface area contributed by atoms with E-state index in [1.165, 1.54) is 5.56 Å². The van der Waals surface area contributed by atoms with Crippen LogP contribution in [0.3, 0.4) is 0 Å². The summed E-state index contributed by atoms with van der Waals surface area (Å²) in [5.41, 5.74) is 2.23. The summed E-state index contributed by atoms with van der Waals surface area (Å²) in [6, 6.07) is 14.1. The van der Waals surface area contributed by atoms with Crippen LogP contribution in [-0.2, 0) is 13.0 Å². The number of para-hydroxylation sites is 1. The van der Waals surface area contributed by atoms with Gasteiger partial charge in [0.05, 0.1) is 18.8 Å². The second-order valence-electron chi connectivity index (χ2n) is 5.45. The normalized spacial score (nSPS) is 16.6. The summed E-state index contributed by atoms with van der Waals surface area (Å²) in [4.78, 5) is 8.86. The smallest absolute Gasteiger partial charge is 0.191 e. The van der Waals surface area contributed by atoms with Crippen molar-refractivity contribution in [2.24, 2.45) is 4.99 Å². The van der Waals surface area contributed by atoms with Gasteiger partial charge in [0.2, 0.25) is 0 Å². The van der Waals surface area contributed by atoms with Crippen LogP contribution in [0, 0.1) is 0 Å². The van der Waals surface area contributed by atoms with Gasteiger partial charge in [0.25, 0.3) is 0 Å². The van der Waals surface area contributed by atoms with Crippen molar-refractivity contribution in [2.75, 3.05) is 13.1 Å². The van der Waals surface area contributed by atoms with Gasteiger partial charge in [0.15, 0.2) is 5.96 Å². The number of guanidine groups is 1. The third-order valence-electron chi connectivity index (χ3n) is 3.68. The van der Waals surface area contributed by atoms with Gasteiger partial charge in [-0.05, 0) is 30.7 Å². The van der Waals surface area contributed by atoms with Gasteiger partial charge >= 0.3 is 0 Å². The molecule has 2 heterocycles. The molecule has 2 aromatic rings. The van der Waals surface area contributed by atoms with Gasteiger partial charge in [-0.15, -0.1) is 0 Å². The van der Waals surface area contributed by atoms with Crippen molar-refractivity contribution < 1.29 is 4.74 Å². The van der Waals surface area contributed by atoms with Crippen LogP contribution in [0.5, 0.6) is 5.75 Å². The summed E-state index contributed by atoms with van der Waals surface area (Å²) in [5.74, 6) is 1.78. The van der Waals surface area contributed by atoms with Crippen molar-refractivity contribution in [1.82, 2.24) is 15.6 Å². The second-order valence-corrected chi connectivity index (χ2v) is 5.45. The van der Waals surface area contributed by atoms with Crippen LogP contribution in [0.15, 0.2) is 53.7 Å². The molecule has 0 aliphatic carbocycles. The third-order valence-corrected chi connectivity index (χ3v) is 3.68. The first-order valence-corrected chi connectivity index (χ1v) is 8.02. The van der Waals surface area contributed by atoms with Crippen molar-refractivity contribution >= 4 is 5.96 Å². The van der Waals surface area contributed by atoms with Crippen LogP contribution in [0.25, 0.3) is 0 Å². The molecule has 23 heavy (non-hydrogen) atoms. The summed E-state index contributed by atoms with van der Waals surface area (Å²) < 4.78 is 5.94. The van der Waals surface area contributed by atoms with E-state index in [-0.39, 0.29) is 6.10 Å². The van der Waals surface area contributed by atoms with Crippen molar-refractivity contribution in [3.63, 3.8) is 0 Å². The van der Waals surface area contributed by atoms with E-state index >= 15 is 0 Å². The SMILES string of the molecule is CCNC(=NCc1ccccn1)NCC1Cc2ccccc2O1. The van der Waals surface area contributed by atoms with Gasteiger partial charge in [0.1, 0.15) is 11.9 Å². The first kappa shape index (κ1) is 15.3. The zero-order chi connectivity index (χ0) is 15.9. The number of hydrogen-bond donors (Lipinski definition) is 2. The Balaban J connectivity index is 1.54. The monoisotopic (exact) mass is 310 g/mol. The molecule has 5 nitrogen and oxygen atoms in total. The maximum absolute atomic E-state index is 5.94. The summed E-state index contributed by atoms with van der Waals surface area (Å²) in [7, 11) is 0. The predicted molar refractivity (Wildman–Crippen MR) is 91.6 cm³/mol. The van der Waals surface area contributed by atoms with Crippen LogP contribution in [0.4, 0.5) is 0 Å². The number of pyridine rings is 1. The zero-order valence-electron chi connectivity index (χ0n) is 13.3. The molecule has 120 valence electrons. The number of ether oxygens (including phenoxy) is 1. The second kappa shape index (κ2) is 7.63. The van der Waals surface area contributed by atoms with Crippen molar-refractivity contribution in [2.45, 2.75) is 26.0 Å². The van der Waals surface area contributed by atoms with Crippen LogP contribution < -0.4 is 15.4 Å². The molecule has 0 saturated carbocycles. The molecule has 1 aromatic heterocycles. The Morgan fingerprint density at radius 2 is 2.09 bits per heavy atom. The van der Waals surface area contributed by atoms with Gasteiger partial charge in [-0.25, -0.2) is 4.99 Å². The predicted octanol–water partition coefficient (Wildman–Crippen LogP) is 2.14. The summed E-state index contributed by atoms with van der Waals surface area (Å²) in [6.45, 7) is 4.16. The third kappa shape index (κ3) is 4.22. The van der Waals surface area contributed by atoms with Crippen molar-refractivity contribution in [3.05, 3.63) is 59.9 Å². The lowest BCUT2D eigenvalue weighted by Crippen LogP contribution is -2.42. The largest absolute Gasteiger partial charge is 0.488 e. The Bertz CT molecular complexity index is 632. The molecular weight excluding hydrogens is 288 g/mol. The van der Waals surface area contributed by atoms with Crippen LogP contribution in [0.1, 0.15) is 18.2 Å². The van der Waals surface area contributed by atoms with Crippen molar-refractivity contribution in [3.8, 4) is 5.75 Å². The van der Waals surface area contributed by atoms with E-state index in [9.17, 15) is 0 Å². The first-order valence-electron chi connectivity index (χ1n) is 8.02. The van der Waals surface area contributed by atoms with Gasteiger partial charge in [0, 0.05) is 19.2 Å². The molecule has 1 aliphatic rings. The fraction of sp³-hybridized carbons (Fsp3) is 0.333. The number of hydrogen-bond acceptors (Lipinski definition) is 3. The average molecular weight is 310 g/mol. The molecule has 0 radical (unpaired) electrons. The molecule has 0 fully saturated rings. The number of rotatable bonds is 5. The number of benzene rings is 1. The lowest BCUT2D eigenvalue weighted by molar-refractivity contribution is 0.235. The molecule has 0 bridgehead atoms. The van der Waals surface area contributed by atoms with Crippen LogP contribution in [-0.4, -0.2) is 30.1 Å². The summed E-state index contributed by atoms with van der Waals surface area (Å²) in [6.07, 6.45) is 2.86. The fourth-order valence-electron chi connectivity index (χ4n) is 2.57. The molecule has 1 atom stereocenters. The molecule has 3 rings (SSSR count). The minimum absolute atomic E-state index is 0.145. The van der Waals surface area contributed by atoms with Gasteiger partial charge in [-0.3, -0.25) is 4.98 Å². The number of fused-ring (bicyclic) bond motifs is 1.